The van der Waals surface area contributed by atoms with Crippen molar-refractivity contribution in [1.82, 2.24) is 5.32 Å². The number of nitrogens with one attached hydrogen (secondary N) is 1. The molecule has 0 aromatic carbocycles. The molecular formula is C16H27N. The first kappa shape index (κ1) is 11.8. The van der Waals surface area contributed by atoms with E-state index in [4.69, 9.17) is 0 Å². The van der Waals surface area contributed by atoms with Crippen LogP contribution in [0.5, 0.6) is 0 Å². The highest BCUT2D eigenvalue weighted by molar-refractivity contribution is 5.06. The summed E-state index contributed by atoms with van der Waals surface area (Å²) in [6, 6.07) is 0.886. The number of hydrogen-bond acceptors (Lipinski definition) is 1. The summed E-state index contributed by atoms with van der Waals surface area (Å²) in [5.41, 5.74) is 1.62. The van der Waals surface area contributed by atoms with Gasteiger partial charge in [-0.2, -0.15) is 0 Å². The summed E-state index contributed by atoms with van der Waals surface area (Å²) in [4.78, 5) is 0. The van der Waals surface area contributed by atoms with Crippen molar-refractivity contribution in [2.75, 3.05) is 6.54 Å². The van der Waals surface area contributed by atoms with Crippen LogP contribution in [0.15, 0.2) is 11.6 Å². The van der Waals surface area contributed by atoms with Gasteiger partial charge in [-0.05, 0) is 75.7 Å². The highest BCUT2D eigenvalue weighted by Crippen LogP contribution is 2.44. The molecule has 17 heavy (non-hydrogen) atoms. The van der Waals surface area contributed by atoms with Crippen LogP contribution in [0.1, 0.15) is 52.4 Å². The third kappa shape index (κ3) is 3.13. The Bertz CT molecular complexity index is 287. The van der Waals surface area contributed by atoms with Gasteiger partial charge in [0.2, 0.25) is 0 Å². The Morgan fingerprint density at radius 2 is 1.88 bits per heavy atom. The highest BCUT2D eigenvalue weighted by atomic mass is 14.9. The van der Waals surface area contributed by atoms with Crippen LogP contribution in [-0.4, -0.2) is 12.6 Å². The molecule has 3 rings (SSSR count). The molecule has 1 heteroatoms. The van der Waals surface area contributed by atoms with Crippen LogP contribution in [0, 0.1) is 23.7 Å². The van der Waals surface area contributed by atoms with Crippen molar-refractivity contribution >= 4 is 0 Å². The van der Waals surface area contributed by atoms with Crippen LogP contribution >= 0.6 is 0 Å². The van der Waals surface area contributed by atoms with Gasteiger partial charge in [-0.3, -0.25) is 0 Å². The average Bonchev–Trinajstić information content (AvgIpc) is 3.12. The van der Waals surface area contributed by atoms with Crippen LogP contribution in [-0.2, 0) is 0 Å². The van der Waals surface area contributed by atoms with E-state index in [9.17, 15) is 0 Å². The molecule has 2 atom stereocenters. The maximum absolute atomic E-state index is 3.93. The van der Waals surface area contributed by atoms with Gasteiger partial charge in [-0.1, -0.05) is 18.6 Å². The number of hydrogen-bond donors (Lipinski definition) is 1. The molecule has 0 saturated heterocycles. The summed E-state index contributed by atoms with van der Waals surface area (Å²) in [6.45, 7) is 5.95. The van der Waals surface area contributed by atoms with E-state index in [1.807, 2.05) is 0 Å². The van der Waals surface area contributed by atoms with Gasteiger partial charge >= 0.3 is 0 Å². The lowest BCUT2D eigenvalue weighted by molar-refractivity contribution is 0.332. The second-order valence-electron chi connectivity index (χ2n) is 6.91. The van der Waals surface area contributed by atoms with E-state index in [0.29, 0.717) is 0 Å². The van der Waals surface area contributed by atoms with E-state index < -0.39 is 0 Å². The van der Waals surface area contributed by atoms with Crippen molar-refractivity contribution in [3.63, 3.8) is 0 Å². The molecule has 1 N–H and O–H groups in total. The lowest BCUT2D eigenvalue weighted by Crippen LogP contribution is -2.37. The summed E-state index contributed by atoms with van der Waals surface area (Å²) < 4.78 is 0. The molecule has 0 spiro atoms. The summed E-state index contributed by atoms with van der Waals surface area (Å²) in [5, 5.41) is 3.93. The molecule has 96 valence electrons. The van der Waals surface area contributed by atoms with E-state index in [1.165, 1.54) is 45.1 Å². The molecule has 3 aliphatic carbocycles. The molecule has 0 amide bonds. The lowest BCUT2D eigenvalue weighted by atomic mass is 9.83. The smallest absolute Gasteiger partial charge is 0.0124 e. The predicted octanol–water partition coefficient (Wildman–Crippen LogP) is 3.76. The molecule has 0 bridgehead atoms. The standard InChI is InChI=1S/C16H27N/c1-11-7-12(2)9-13(8-11)10-17-16(14-3-4-14)15-5-6-15/h7,11,13-17H,3-6,8-10H2,1-2H3. The van der Waals surface area contributed by atoms with Gasteiger partial charge in [0.05, 0.1) is 0 Å². The van der Waals surface area contributed by atoms with Crippen molar-refractivity contribution in [2.45, 2.75) is 58.4 Å². The zero-order chi connectivity index (χ0) is 11.8. The first-order chi connectivity index (χ1) is 8.22. The summed E-state index contributed by atoms with van der Waals surface area (Å²) >= 11 is 0. The zero-order valence-electron chi connectivity index (χ0n) is 11.4. The van der Waals surface area contributed by atoms with Crippen molar-refractivity contribution < 1.29 is 0 Å². The molecule has 3 aliphatic rings. The van der Waals surface area contributed by atoms with Gasteiger partial charge in [0.25, 0.3) is 0 Å². The molecule has 0 aromatic rings. The molecule has 0 aromatic heterocycles. The molecule has 0 radical (unpaired) electrons. The van der Waals surface area contributed by atoms with Crippen molar-refractivity contribution in [2.24, 2.45) is 23.7 Å². The number of rotatable bonds is 5. The second-order valence-corrected chi connectivity index (χ2v) is 6.91. The van der Waals surface area contributed by atoms with Gasteiger partial charge in [0.15, 0.2) is 0 Å². The SMILES string of the molecule is CC1=CC(C)CC(CNC(C2CC2)C2CC2)C1. The van der Waals surface area contributed by atoms with Crippen molar-refractivity contribution in [3.8, 4) is 0 Å². The largest absolute Gasteiger partial charge is 0.313 e. The van der Waals surface area contributed by atoms with E-state index in [0.717, 1.165) is 29.7 Å². The zero-order valence-corrected chi connectivity index (χ0v) is 11.4. The molecule has 2 unspecified atom stereocenters. The summed E-state index contributed by atoms with van der Waals surface area (Å²) in [7, 11) is 0. The predicted molar refractivity (Wildman–Crippen MR) is 72.9 cm³/mol. The van der Waals surface area contributed by atoms with Crippen LogP contribution in [0.4, 0.5) is 0 Å². The normalized spacial score (nSPS) is 33.9. The highest BCUT2D eigenvalue weighted by Gasteiger charge is 2.41. The molecule has 1 nitrogen and oxygen atoms in total. The minimum Gasteiger partial charge on any atom is -0.313 e. The average molecular weight is 233 g/mol. The summed E-state index contributed by atoms with van der Waals surface area (Å²) in [6.07, 6.45) is 11.2. The molecule has 2 saturated carbocycles. The van der Waals surface area contributed by atoms with E-state index in [-0.39, 0.29) is 0 Å². The Morgan fingerprint density at radius 1 is 1.24 bits per heavy atom. The first-order valence-corrected chi connectivity index (χ1v) is 7.63. The van der Waals surface area contributed by atoms with Gasteiger partial charge < -0.3 is 5.32 Å². The topological polar surface area (TPSA) is 12.0 Å². The van der Waals surface area contributed by atoms with Gasteiger partial charge in [-0.25, -0.2) is 0 Å². The minimum atomic E-state index is 0.802. The third-order valence-electron chi connectivity index (χ3n) is 4.79. The second kappa shape index (κ2) is 4.76. The van der Waals surface area contributed by atoms with Gasteiger partial charge in [0, 0.05) is 6.04 Å². The fourth-order valence-electron chi connectivity index (χ4n) is 3.77. The monoisotopic (exact) mass is 233 g/mol. The number of allylic oxidation sites excluding steroid dienone is 2. The lowest BCUT2D eigenvalue weighted by Gasteiger charge is -2.28. The maximum atomic E-state index is 3.93. The van der Waals surface area contributed by atoms with Crippen molar-refractivity contribution in [1.29, 1.82) is 0 Å². The Kier molecular flexibility index (Phi) is 3.30. The van der Waals surface area contributed by atoms with Crippen LogP contribution in [0.3, 0.4) is 0 Å². The maximum Gasteiger partial charge on any atom is 0.0124 e. The van der Waals surface area contributed by atoms with Crippen LogP contribution < -0.4 is 5.32 Å². The first-order valence-electron chi connectivity index (χ1n) is 7.63. The molecule has 2 fully saturated rings. The summed E-state index contributed by atoms with van der Waals surface area (Å²) in [5.74, 6) is 3.78. The quantitative estimate of drug-likeness (QED) is 0.713. The Balaban J connectivity index is 1.48. The third-order valence-corrected chi connectivity index (χ3v) is 4.79. The Morgan fingerprint density at radius 3 is 2.41 bits per heavy atom. The van der Waals surface area contributed by atoms with E-state index in [2.05, 4.69) is 25.2 Å². The van der Waals surface area contributed by atoms with E-state index in [1.54, 1.807) is 5.57 Å². The Labute approximate surface area is 106 Å². The fraction of sp³-hybridized carbons (Fsp3) is 0.875. The molecular weight excluding hydrogens is 206 g/mol. The fourth-order valence-corrected chi connectivity index (χ4v) is 3.77. The molecule has 0 heterocycles. The van der Waals surface area contributed by atoms with Crippen molar-refractivity contribution in [3.05, 3.63) is 11.6 Å². The van der Waals surface area contributed by atoms with Gasteiger partial charge in [-0.15, -0.1) is 0 Å². The molecule has 0 aliphatic heterocycles. The van der Waals surface area contributed by atoms with Crippen LogP contribution in [0.25, 0.3) is 0 Å². The van der Waals surface area contributed by atoms with Crippen LogP contribution in [0.2, 0.25) is 0 Å². The van der Waals surface area contributed by atoms with Gasteiger partial charge in [0.1, 0.15) is 0 Å². The van der Waals surface area contributed by atoms with E-state index >= 15 is 0 Å². The minimum absolute atomic E-state index is 0.802. The Hall–Kier alpha value is -0.300.